The quantitative estimate of drug-likeness (QED) is 0.233. The average molecular weight is 510 g/mol. The van der Waals surface area contributed by atoms with Crippen molar-refractivity contribution in [2.24, 2.45) is 4.99 Å². The molecule has 0 spiro atoms. The van der Waals surface area contributed by atoms with Gasteiger partial charge in [-0.05, 0) is 61.5 Å². The minimum absolute atomic E-state index is 0.109. The van der Waals surface area contributed by atoms with Crippen LogP contribution in [-0.4, -0.2) is 40.7 Å². The van der Waals surface area contributed by atoms with Gasteiger partial charge in [0.05, 0.1) is 23.3 Å². The summed E-state index contributed by atoms with van der Waals surface area (Å²) in [5.41, 5.74) is 6.72. The summed E-state index contributed by atoms with van der Waals surface area (Å²) in [7, 11) is 3.06. The Labute approximate surface area is 220 Å². The number of carbonyl (C=O) groups is 2. The van der Waals surface area contributed by atoms with Crippen molar-refractivity contribution in [3.63, 3.8) is 0 Å². The number of aliphatic imine (C=N–C) groups is 1. The van der Waals surface area contributed by atoms with Crippen LogP contribution in [-0.2, 0) is 16.1 Å². The number of nitrogens with zero attached hydrogens (tertiary/aromatic N) is 3. The van der Waals surface area contributed by atoms with Crippen molar-refractivity contribution in [2.75, 3.05) is 14.2 Å². The Hall–Kier alpha value is -4.10. The average Bonchev–Trinajstić information content (AvgIpc) is 3.32. The molecular formula is C30H27N3O3S. The molecule has 1 aliphatic rings. The van der Waals surface area contributed by atoms with Crippen LogP contribution in [0.25, 0.3) is 17.0 Å². The number of amides is 1. The highest BCUT2D eigenvalue weighted by atomic mass is 32.2. The van der Waals surface area contributed by atoms with Crippen LogP contribution >= 0.6 is 11.8 Å². The van der Waals surface area contributed by atoms with Crippen molar-refractivity contribution in [1.82, 2.24) is 9.47 Å². The van der Waals surface area contributed by atoms with Crippen LogP contribution in [0.15, 0.2) is 82.7 Å². The maximum Gasteiger partial charge on any atom is 0.337 e. The molecular weight excluding hydrogens is 482 g/mol. The van der Waals surface area contributed by atoms with E-state index >= 15 is 0 Å². The third-order valence-corrected chi connectivity index (χ3v) is 7.53. The Morgan fingerprint density at radius 3 is 2.59 bits per heavy atom. The first-order valence-corrected chi connectivity index (χ1v) is 12.8. The van der Waals surface area contributed by atoms with Crippen LogP contribution in [0.2, 0.25) is 0 Å². The number of esters is 1. The molecule has 5 rings (SSSR count). The summed E-state index contributed by atoms with van der Waals surface area (Å²) in [4.78, 5) is 31.9. The Morgan fingerprint density at radius 1 is 1.03 bits per heavy atom. The number of para-hydroxylation sites is 1. The zero-order valence-electron chi connectivity index (χ0n) is 21.2. The summed E-state index contributed by atoms with van der Waals surface area (Å²) in [6.07, 6.45) is 1.97. The number of carbonyl (C=O) groups excluding carboxylic acids is 2. The predicted octanol–water partition coefficient (Wildman–Crippen LogP) is 6.33. The standard InChI is InChI=1S/C30H27N3O3S/c1-19-9-7-10-21(15-19)18-33-20(2)25(24-13-5-6-14-26(24)33)17-27-28(34)32(3)30(37-27)31-23-12-8-11-22(16-23)29(35)36-4/h5-17H,18H2,1-4H3. The number of benzene rings is 3. The van der Waals surface area contributed by atoms with E-state index in [1.54, 1.807) is 36.2 Å². The Balaban J connectivity index is 1.52. The van der Waals surface area contributed by atoms with Crippen molar-refractivity contribution >= 4 is 51.5 Å². The molecule has 186 valence electrons. The molecule has 1 saturated heterocycles. The fraction of sp³-hybridized carbons (Fsp3) is 0.167. The van der Waals surface area contributed by atoms with Gasteiger partial charge in [-0.15, -0.1) is 0 Å². The van der Waals surface area contributed by atoms with Gasteiger partial charge in [0.25, 0.3) is 5.91 Å². The molecule has 2 heterocycles. The third-order valence-electron chi connectivity index (χ3n) is 6.47. The third kappa shape index (κ3) is 4.82. The molecule has 1 amide bonds. The largest absolute Gasteiger partial charge is 0.465 e. The zero-order chi connectivity index (χ0) is 26.1. The molecule has 0 saturated carbocycles. The van der Waals surface area contributed by atoms with Gasteiger partial charge in [-0.2, -0.15) is 0 Å². The second-order valence-electron chi connectivity index (χ2n) is 9.00. The number of aromatic nitrogens is 1. The van der Waals surface area contributed by atoms with Gasteiger partial charge in [0.1, 0.15) is 0 Å². The van der Waals surface area contributed by atoms with Crippen LogP contribution in [0.4, 0.5) is 5.69 Å². The molecule has 1 fully saturated rings. The molecule has 6 nitrogen and oxygen atoms in total. The minimum Gasteiger partial charge on any atom is -0.465 e. The number of thioether (sulfide) groups is 1. The second kappa shape index (κ2) is 10.1. The maximum atomic E-state index is 13.2. The van der Waals surface area contributed by atoms with Gasteiger partial charge in [-0.1, -0.05) is 54.1 Å². The smallest absolute Gasteiger partial charge is 0.337 e. The van der Waals surface area contributed by atoms with Gasteiger partial charge in [-0.3, -0.25) is 9.69 Å². The zero-order valence-corrected chi connectivity index (χ0v) is 22.0. The highest BCUT2D eigenvalue weighted by Crippen LogP contribution is 2.36. The van der Waals surface area contributed by atoms with E-state index in [1.807, 2.05) is 18.2 Å². The Morgan fingerprint density at radius 2 is 1.81 bits per heavy atom. The van der Waals surface area contributed by atoms with Crippen molar-refractivity contribution in [3.05, 3.63) is 106 Å². The van der Waals surface area contributed by atoms with Crippen LogP contribution < -0.4 is 0 Å². The van der Waals surface area contributed by atoms with E-state index in [-0.39, 0.29) is 5.91 Å². The highest BCUT2D eigenvalue weighted by molar-refractivity contribution is 8.18. The van der Waals surface area contributed by atoms with Crippen molar-refractivity contribution in [2.45, 2.75) is 20.4 Å². The summed E-state index contributed by atoms with van der Waals surface area (Å²) in [6, 6.07) is 23.7. The first-order chi connectivity index (χ1) is 17.9. The van der Waals surface area contributed by atoms with E-state index in [0.717, 1.165) is 28.7 Å². The predicted molar refractivity (Wildman–Crippen MR) is 150 cm³/mol. The highest BCUT2D eigenvalue weighted by Gasteiger charge is 2.31. The summed E-state index contributed by atoms with van der Waals surface area (Å²) >= 11 is 1.33. The van der Waals surface area contributed by atoms with E-state index < -0.39 is 5.97 Å². The second-order valence-corrected chi connectivity index (χ2v) is 10.0. The Bertz CT molecular complexity index is 1600. The van der Waals surface area contributed by atoms with Gasteiger partial charge in [-0.25, -0.2) is 9.79 Å². The molecule has 4 aromatic rings. The summed E-state index contributed by atoms with van der Waals surface area (Å²) < 4.78 is 7.11. The lowest BCUT2D eigenvalue weighted by molar-refractivity contribution is -0.121. The molecule has 0 atom stereocenters. The molecule has 3 aromatic carbocycles. The number of amidine groups is 1. The lowest BCUT2D eigenvalue weighted by atomic mass is 10.1. The fourth-order valence-electron chi connectivity index (χ4n) is 4.55. The fourth-order valence-corrected chi connectivity index (χ4v) is 5.52. The van der Waals surface area contributed by atoms with E-state index in [1.165, 1.54) is 30.0 Å². The summed E-state index contributed by atoms with van der Waals surface area (Å²) in [5.74, 6) is -0.536. The molecule has 37 heavy (non-hydrogen) atoms. The molecule has 0 bridgehead atoms. The van der Waals surface area contributed by atoms with Crippen LogP contribution in [0.5, 0.6) is 0 Å². The van der Waals surface area contributed by atoms with Crippen molar-refractivity contribution in [3.8, 4) is 0 Å². The minimum atomic E-state index is -0.427. The lowest BCUT2D eigenvalue weighted by Gasteiger charge is -2.09. The van der Waals surface area contributed by atoms with Crippen LogP contribution in [0.1, 0.15) is 32.7 Å². The molecule has 0 aliphatic carbocycles. The number of fused-ring (bicyclic) bond motifs is 1. The van der Waals surface area contributed by atoms with Gasteiger partial charge in [0, 0.05) is 35.8 Å². The first kappa shape index (κ1) is 24.6. The normalized spacial score (nSPS) is 15.8. The maximum absolute atomic E-state index is 13.2. The molecule has 7 heteroatoms. The number of likely N-dealkylation sites (N-methyl/N-ethyl adjacent to an activating group) is 1. The van der Waals surface area contributed by atoms with Crippen LogP contribution in [0.3, 0.4) is 0 Å². The Kier molecular flexibility index (Phi) is 6.72. The SMILES string of the molecule is COC(=O)c1cccc(N=C2SC(=Cc3c(C)n(Cc4cccc(C)c4)c4ccccc34)C(=O)N2C)c1. The monoisotopic (exact) mass is 509 g/mol. The molecule has 1 aliphatic heterocycles. The van der Waals surface area contributed by atoms with Crippen molar-refractivity contribution < 1.29 is 14.3 Å². The molecule has 1 aromatic heterocycles. The van der Waals surface area contributed by atoms with Gasteiger partial charge in [0.15, 0.2) is 5.17 Å². The van der Waals surface area contributed by atoms with Gasteiger partial charge < -0.3 is 9.30 Å². The number of rotatable bonds is 5. The van der Waals surface area contributed by atoms with Crippen molar-refractivity contribution in [1.29, 1.82) is 0 Å². The number of ether oxygens (including phenoxy) is 1. The number of hydrogen-bond acceptors (Lipinski definition) is 5. The lowest BCUT2D eigenvalue weighted by Crippen LogP contribution is -2.23. The molecule has 0 unspecified atom stereocenters. The number of methoxy groups -OCH3 is 1. The number of hydrogen-bond donors (Lipinski definition) is 0. The van der Waals surface area contributed by atoms with Gasteiger partial charge >= 0.3 is 5.97 Å². The topological polar surface area (TPSA) is 63.9 Å². The first-order valence-electron chi connectivity index (χ1n) is 11.9. The van der Waals surface area contributed by atoms with E-state index in [2.05, 4.69) is 59.8 Å². The van der Waals surface area contributed by atoms with E-state index in [9.17, 15) is 9.59 Å². The number of aryl methyl sites for hydroxylation is 1. The van der Waals surface area contributed by atoms with Crippen LogP contribution in [0, 0.1) is 13.8 Å². The molecule has 0 radical (unpaired) electrons. The van der Waals surface area contributed by atoms with Gasteiger partial charge in [0.2, 0.25) is 0 Å². The summed E-state index contributed by atoms with van der Waals surface area (Å²) in [6.45, 7) is 4.95. The van der Waals surface area contributed by atoms with E-state index in [4.69, 9.17) is 4.74 Å². The van der Waals surface area contributed by atoms with E-state index in [0.29, 0.717) is 21.3 Å². The summed E-state index contributed by atoms with van der Waals surface area (Å²) in [5, 5.41) is 1.66. The molecule has 0 N–H and O–H groups in total.